The van der Waals surface area contributed by atoms with E-state index < -0.39 is 23.6 Å². The Labute approximate surface area is 96.4 Å². The van der Waals surface area contributed by atoms with Crippen LogP contribution in [-0.4, -0.2) is 10.9 Å². The number of benzene rings is 1. The SMILES string of the molecule is C=C(C(C)=O)[C@@H](O)c1ccccc1C(F)(F)F. The first-order chi connectivity index (χ1) is 7.75. The van der Waals surface area contributed by atoms with Crippen molar-refractivity contribution in [2.75, 3.05) is 0 Å². The zero-order chi connectivity index (χ0) is 13.2. The molecule has 0 saturated carbocycles. The van der Waals surface area contributed by atoms with Gasteiger partial charge in [0.25, 0.3) is 0 Å². The number of carbonyl (C=O) groups is 1. The van der Waals surface area contributed by atoms with E-state index in [-0.39, 0.29) is 11.1 Å². The summed E-state index contributed by atoms with van der Waals surface area (Å²) < 4.78 is 37.9. The normalized spacial score (nSPS) is 13.2. The molecule has 1 atom stereocenters. The maximum Gasteiger partial charge on any atom is 0.416 e. The number of alkyl halides is 3. The summed E-state index contributed by atoms with van der Waals surface area (Å²) in [5, 5.41) is 9.68. The summed E-state index contributed by atoms with van der Waals surface area (Å²) in [5.74, 6) is -0.547. The molecule has 1 rings (SSSR count). The first-order valence-corrected chi connectivity index (χ1v) is 4.79. The molecule has 0 radical (unpaired) electrons. The van der Waals surface area contributed by atoms with E-state index in [0.717, 1.165) is 19.1 Å². The minimum Gasteiger partial charge on any atom is -0.384 e. The van der Waals surface area contributed by atoms with Gasteiger partial charge in [0.05, 0.1) is 5.56 Å². The van der Waals surface area contributed by atoms with Crippen molar-refractivity contribution in [2.24, 2.45) is 0 Å². The molecule has 0 heterocycles. The second-order valence-corrected chi connectivity index (χ2v) is 3.57. The predicted molar refractivity (Wildman–Crippen MR) is 56.2 cm³/mol. The lowest BCUT2D eigenvalue weighted by Gasteiger charge is -2.17. The van der Waals surface area contributed by atoms with Gasteiger partial charge in [-0.25, -0.2) is 0 Å². The molecule has 2 nitrogen and oxygen atoms in total. The van der Waals surface area contributed by atoms with Crippen molar-refractivity contribution in [2.45, 2.75) is 19.2 Å². The van der Waals surface area contributed by atoms with Crippen LogP contribution in [-0.2, 0) is 11.0 Å². The third-order valence-corrected chi connectivity index (χ3v) is 2.34. The molecule has 0 saturated heterocycles. The Balaban J connectivity index is 3.23. The highest BCUT2D eigenvalue weighted by molar-refractivity contribution is 5.93. The molecule has 5 heteroatoms. The lowest BCUT2D eigenvalue weighted by Crippen LogP contribution is -2.15. The average molecular weight is 244 g/mol. The fourth-order valence-electron chi connectivity index (χ4n) is 1.37. The first kappa shape index (κ1) is 13.4. The molecular formula is C12H11F3O2. The van der Waals surface area contributed by atoms with Gasteiger partial charge in [-0.3, -0.25) is 4.79 Å². The van der Waals surface area contributed by atoms with Crippen LogP contribution in [0.5, 0.6) is 0 Å². The predicted octanol–water partition coefficient (Wildman–Crippen LogP) is 2.88. The number of hydrogen-bond donors (Lipinski definition) is 1. The van der Waals surface area contributed by atoms with Gasteiger partial charge >= 0.3 is 6.18 Å². The second-order valence-electron chi connectivity index (χ2n) is 3.57. The van der Waals surface area contributed by atoms with Crippen LogP contribution in [0.25, 0.3) is 0 Å². The van der Waals surface area contributed by atoms with E-state index in [4.69, 9.17) is 0 Å². The summed E-state index contributed by atoms with van der Waals surface area (Å²) >= 11 is 0. The summed E-state index contributed by atoms with van der Waals surface area (Å²) in [7, 11) is 0. The summed E-state index contributed by atoms with van der Waals surface area (Å²) in [5.41, 5.74) is -1.59. The van der Waals surface area contributed by atoms with Crippen molar-refractivity contribution < 1.29 is 23.1 Å². The standard InChI is InChI=1S/C12H11F3O2/c1-7(8(2)16)11(17)9-5-3-4-6-10(9)12(13,14)15/h3-6,11,17H,1H2,2H3/t11-/m1/s1. The Morgan fingerprint density at radius 3 is 2.35 bits per heavy atom. The maximum absolute atomic E-state index is 12.6. The lowest BCUT2D eigenvalue weighted by molar-refractivity contribution is -0.139. The Kier molecular flexibility index (Phi) is 3.72. The Bertz CT molecular complexity index is 449. The van der Waals surface area contributed by atoms with E-state index in [2.05, 4.69) is 6.58 Å². The fraction of sp³-hybridized carbons (Fsp3) is 0.250. The molecule has 0 unspecified atom stereocenters. The van der Waals surface area contributed by atoms with Gasteiger partial charge in [0, 0.05) is 5.57 Å². The second kappa shape index (κ2) is 4.71. The first-order valence-electron chi connectivity index (χ1n) is 4.79. The monoisotopic (exact) mass is 244 g/mol. The molecule has 0 fully saturated rings. The number of rotatable bonds is 3. The number of ketones is 1. The van der Waals surface area contributed by atoms with Crippen LogP contribution in [0.1, 0.15) is 24.2 Å². The van der Waals surface area contributed by atoms with Crippen LogP contribution < -0.4 is 0 Å². The summed E-state index contributed by atoms with van der Waals surface area (Å²) in [6.45, 7) is 4.43. The third kappa shape index (κ3) is 2.94. The van der Waals surface area contributed by atoms with E-state index in [1.807, 2.05) is 0 Å². The van der Waals surface area contributed by atoms with Crippen LogP contribution in [0.15, 0.2) is 36.4 Å². The number of aliphatic hydroxyl groups is 1. The molecule has 1 N–H and O–H groups in total. The molecule has 1 aromatic rings. The van der Waals surface area contributed by atoms with Crippen LogP contribution in [0.2, 0.25) is 0 Å². The smallest absolute Gasteiger partial charge is 0.384 e. The number of Topliss-reactive ketones (excluding diaryl/α,β-unsaturated/α-hetero) is 1. The molecule has 0 spiro atoms. The third-order valence-electron chi connectivity index (χ3n) is 2.34. The van der Waals surface area contributed by atoms with Gasteiger partial charge in [-0.05, 0) is 18.6 Å². The van der Waals surface area contributed by atoms with Crippen LogP contribution >= 0.6 is 0 Å². The Morgan fingerprint density at radius 1 is 1.35 bits per heavy atom. The molecule has 0 aliphatic rings. The largest absolute Gasteiger partial charge is 0.416 e. The summed E-state index contributed by atoms with van der Waals surface area (Å²) in [6.07, 6.45) is -6.21. The van der Waals surface area contributed by atoms with Gasteiger partial charge in [0.2, 0.25) is 0 Å². The minimum atomic E-state index is -4.57. The Hall–Kier alpha value is -1.62. The van der Waals surface area contributed by atoms with Crippen molar-refractivity contribution in [3.8, 4) is 0 Å². The van der Waals surface area contributed by atoms with Gasteiger partial charge in [-0.15, -0.1) is 0 Å². The molecule has 0 aromatic heterocycles. The van der Waals surface area contributed by atoms with Crippen molar-refractivity contribution in [3.63, 3.8) is 0 Å². The molecule has 92 valence electrons. The number of aliphatic hydroxyl groups excluding tert-OH is 1. The van der Waals surface area contributed by atoms with Crippen molar-refractivity contribution in [1.29, 1.82) is 0 Å². The minimum absolute atomic E-state index is 0.262. The quantitative estimate of drug-likeness (QED) is 0.830. The lowest BCUT2D eigenvalue weighted by atomic mass is 9.95. The van der Waals surface area contributed by atoms with Gasteiger partial charge in [-0.1, -0.05) is 24.8 Å². The number of hydrogen-bond acceptors (Lipinski definition) is 2. The topological polar surface area (TPSA) is 37.3 Å². The van der Waals surface area contributed by atoms with Gasteiger partial charge in [-0.2, -0.15) is 13.2 Å². The van der Waals surface area contributed by atoms with Crippen LogP contribution in [0, 0.1) is 0 Å². The molecule has 0 aliphatic carbocycles. The molecule has 0 amide bonds. The van der Waals surface area contributed by atoms with Crippen molar-refractivity contribution >= 4 is 5.78 Å². The van der Waals surface area contributed by atoms with E-state index in [1.165, 1.54) is 12.1 Å². The van der Waals surface area contributed by atoms with Crippen LogP contribution in [0.4, 0.5) is 13.2 Å². The highest BCUT2D eigenvalue weighted by atomic mass is 19.4. The van der Waals surface area contributed by atoms with Crippen molar-refractivity contribution in [1.82, 2.24) is 0 Å². The fourth-order valence-corrected chi connectivity index (χ4v) is 1.37. The molecule has 17 heavy (non-hydrogen) atoms. The number of halogens is 3. The van der Waals surface area contributed by atoms with E-state index >= 15 is 0 Å². The van der Waals surface area contributed by atoms with Crippen LogP contribution in [0.3, 0.4) is 0 Å². The number of carbonyl (C=O) groups excluding carboxylic acids is 1. The molecular weight excluding hydrogens is 233 g/mol. The van der Waals surface area contributed by atoms with E-state index in [0.29, 0.717) is 0 Å². The molecule has 1 aromatic carbocycles. The van der Waals surface area contributed by atoms with E-state index in [1.54, 1.807) is 0 Å². The molecule has 0 bridgehead atoms. The zero-order valence-corrected chi connectivity index (χ0v) is 9.08. The zero-order valence-electron chi connectivity index (χ0n) is 9.08. The highest BCUT2D eigenvalue weighted by Gasteiger charge is 2.35. The maximum atomic E-state index is 12.6. The molecule has 0 aliphatic heterocycles. The van der Waals surface area contributed by atoms with Gasteiger partial charge in [0.1, 0.15) is 6.10 Å². The summed E-state index contributed by atoms with van der Waals surface area (Å²) in [6, 6.07) is 4.56. The average Bonchev–Trinajstić information content (AvgIpc) is 2.25. The highest BCUT2D eigenvalue weighted by Crippen LogP contribution is 2.36. The van der Waals surface area contributed by atoms with Gasteiger partial charge in [0.15, 0.2) is 5.78 Å². The van der Waals surface area contributed by atoms with E-state index in [9.17, 15) is 23.1 Å². The summed E-state index contributed by atoms with van der Waals surface area (Å²) in [4.78, 5) is 11.0. The van der Waals surface area contributed by atoms with Gasteiger partial charge < -0.3 is 5.11 Å². The Morgan fingerprint density at radius 2 is 1.88 bits per heavy atom. The van der Waals surface area contributed by atoms with Crippen molar-refractivity contribution in [3.05, 3.63) is 47.5 Å².